The Morgan fingerprint density at radius 3 is 2.38 bits per heavy atom. The van der Waals surface area contributed by atoms with E-state index in [1.807, 2.05) is 30.3 Å². The molecule has 1 saturated heterocycles. The number of nitrogens with zero attached hydrogens (tertiary/aromatic N) is 2. The molecular formula is C20H20F2N2O5. The van der Waals surface area contributed by atoms with Crippen molar-refractivity contribution in [2.45, 2.75) is 25.4 Å². The monoisotopic (exact) mass is 406 g/mol. The van der Waals surface area contributed by atoms with Crippen molar-refractivity contribution in [1.29, 1.82) is 0 Å². The van der Waals surface area contributed by atoms with Crippen molar-refractivity contribution in [2.24, 2.45) is 0 Å². The lowest BCUT2D eigenvalue weighted by atomic mass is 9.89. The largest absolute Gasteiger partial charge is 0.493 e. The minimum Gasteiger partial charge on any atom is -0.493 e. The number of piperidine rings is 1. The first kappa shape index (κ1) is 20.5. The van der Waals surface area contributed by atoms with Gasteiger partial charge in [-0.15, -0.1) is 0 Å². The fourth-order valence-corrected chi connectivity index (χ4v) is 3.53. The summed E-state index contributed by atoms with van der Waals surface area (Å²) in [5.74, 6) is -0.886. The van der Waals surface area contributed by atoms with Gasteiger partial charge in [-0.1, -0.05) is 30.3 Å². The molecule has 29 heavy (non-hydrogen) atoms. The van der Waals surface area contributed by atoms with E-state index in [0.717, 1.165) is 25.0 Å². The number of nitro groups is 1. The number of nitro benzene ring substituents is 1. The molecular weight excluding hydrogens is 386 g/mol. The van der Waals surface area contributed by atoms with E-state index >= 15 is 0 Å². The van der Waals surface area contributed by atoms with E-state index in [2.05, 4.69) is 4.74 Å². The molecule has 7 nitrogen and oxygen atoms in total. The van der Waals surface area contributed by atoms with Crippen LogP contribution >= 0.6 is 0 Å². The van der Waals surface area contributed by atoms with E-state index < -0.39 is 28.9 Å². The fourth-order valence-electron chi connectivity index (χ4n) is 3.53. The number of likely N-dealkylation sites (tertiary alicyclic amines) is 1. The number of hydrogen-bond donors (Lipinski definition) is 0. The molecule has 0 unspecified atom stereocenters. The molecule has 3 rings (SSSR count). The quantitative estimate of drug-likeness (QED) is 0.530. The third-order valence-corrected chi connectivity index (χ3v) is 4.98. The number of rotatable bonds is 6. The molecule has 0 bridgehead atoms. The predicted octanol–water partition coefficient (Wildman–Crippen LogP) is 4.22. The lowest BCUT2D eigenvalue weighted by Gasteiger charge is -2.32. The second-order valence-electron chi connectivity index (χ2n) is 6.63. The molecule has 0 saturated carbocycles. The SMILES string of the molecule is COc1cc(C(=O)N2CCC(c3ccccc3)CC2)c([N+](=O)[O-])cc1OC(F)F. The Hall–Kier alpha value is -3.23. The zero-order chi connectivity index (χ0) is 21.0. The van der Waals surface area contributed by atoms with Gasteiger partial charge in [0.25, 0.3) is 11.6 Å². The number of methoxy groups -OCH3 is 1. The van der Waals surface area contributed by atoms with Crippen LogP contribution in [0.25, 0.3) is 0 Å². The summed E-state index contributed by atoms with van der Waals surface area (Å²) in [5, 5.41) is 11.4. The number of halogens is 2. The molecule has 1 heterocycles. The van der Waals surface area contributed by atoms with Crippen LogP contribution in [0.2, 0.25) is 0 Å². The summed E-state index contributed by atoms with van der Waals surface area (Å²) in [6.07, 6.45) is 1.46. The van der Waals surface area contributed by atoms with E-state index in [-0.39, 0.29) is 11.3 Å². The molecule has 1 aliphatic rings. The number of hydrogen-bond acceptors (Lipinski definition) is 5. The highest BCUT2D eigenvalue weighted by molar-refractivity contribution is 5.99. The normalized spacial score (nSPS) is 14.7. The summed E-state index contributed by atoms with van der Waals surface area (Å²) >= 11 is 0. The molecule has 1 fully saturated rings. The maximum Gasteiger partial charge on any atom is 0.387 e. The molecule has 0 spiro atoms. The fraction of sp³-hybridized carbons (Fsp3) is 0.350. The van der Waals surface area contributed by atoms with Crippen LogP contribution in [0, 0.1) is 10.1 Å². The summed E-state index contributed by atoms with van der Waals surface area (Å²) in [6, 6.07) is 11.8. The van der Waals surface area contributed by atoms with E-state index in [9.17, 15) is 23.7 Å². The number of carbonyl (C=O) groups excluding carboxylic acids is 1. The Balaban J connectivity index is 1.82. The van der Waals surface area contributed by atoms with Crippen molar-refractivity contribution < 1.29 is 28.0 Å². The highest BCUT2D eigenvalue weighted by Gasteiger charge is 2.31. The van der Waals surface area contributed by atoms with Gasteiger partial charge in [0, 0.05) is 19.2 Å². The van der Waals surface area contributed by atoms with Crippen LogP contribution in [0.3, 0.4) is 0 Å². The zero-order valence-electron chi connectivity index (χ0n) is 15.7. The van der Waals surface area contributed by atoms with Crippen LogP contribution < -0.4 is 9.47 Å². The molecule has 0 radical (unpaired) electrons. The van der Waals surface area contributed by atoms with Crippen molar-refractivity contribution in [1.82, 2.24) is 4.90 Å². The second-order valence-corrected chi connectivity index (χ2v) is 6.63. The van der Waals surface area contributed by atoms with Crippen molar-refractivity contribution >= 4 is 11.6 Å². The topological polar surface area (TPSA) is 81.9 Å². The van der Waals surface area contributed by atoms with Gasteiger partial charge in [-0.2, -0.15) is 8.78 Å². The maximum absolute atomic E-state index is 12.9. The third kappa shape index (κ3) is 4.61. The summed E-state index contributed by atoms with van der Waals surface area (Å²) in [6.45, 7) is -2.30. The lowest BCUT2D eigenvalue weighted by molar-refractivity contribution is -0.385. The number of benzene rings is 2. The molecule has 1 amide bonds. The van der Waals surface area contributed by atoms with Crippen LogP contribution in [0.15, 0.2) is 42.5 Å². The van der Waals surface area contributed by atoms with Gasteiger partial charge in [-0.25, -0.2) is 0 Å². The van der Waals surface area contributed by atoms with E-state index in [0.29, 0.717) is 19.0 Å². The number of alkyl halides is 2. The summed E-state index contributed by atoms with van der Waals surface area (Å²) in [4.78, 5) is 25.1. The molecule has 2 aromatic rings. The lowest BCUT2D eigenvalue weighted by Crippen LogP contribution is -2.38. The summed E-state index contributed by atoms with van der Waals surface area (Å²) in [7, 11) is 1.21. The summed E-state index contributed by atoms with van der Waals surface area (Å²) < 4.78 is 34.4. The molecule has 0 atom stereocenters. The van der Waals surface area contributed by atoms with E-state index in [4.69, 9.17) is 4.74 Å². The maximum atomic E-state index is 12.9. The predicted molar refractivity (Wildman–Crippen MR) is 101 cm³/mol. The average molecular weight is 406 g/mol. The van der Waals surface area contributed by atoms with Gasteiger partial charge in [0.2, 0.25) is 0 Å². The first-order valence-electron chi connectivity index (χ1n) is 9.06. The molecule has 0 aliphatic carbocycles. The minimum atomic E-state index is -3.18. The van der Waals surface area contributed by atoms with Crippen LogP contribution in [0.5, 0.6) is 11.5 Å². The van der Waals surface area contributed by atoms with Crippen molar-refractivity contribution in [3.63, 3.8) is 0 Å². The third-order valence-electron chi connectivity index (χ3n) is 4.98. The second kappa shape index (κ2) is 8.85. The molecule has 0 aromatic heterocycles. The van der Waals surface area contributed by atoms with Crippen LogP contribution in [0.4, 0.5) is 14.5 Å². The number of ether oxygens (including phenoxy) is 2. The minimum absolute atomic E-state index is 0.168. The average Bonchev–Trinajstić information content (AvgIpc) is 2.73. The van der Waals surface area contributed by atoms with Gasteiger partial charge >= 0.3 is 6.61 Å². The molecule has 1 aliphatic heterocycles. The number of amides is 1. The molecule has 9 heteroatoms. The van der Waals surface area contributed by atoms with Gasteiger partial charge in [0.1, 0.15) is 5.56 Å². The smallest absolute Gasteiger partial charge is 0.387 e. The standard InChI is InChI=1S/C20H20F2N2O5/c1-28-17-11-15(16(24(26)27)12-18(17)29-20(21)22)19(25)23-9-7-14(8-10-23)13-5-3-2-4-6-13/h2-6,11-12,14,20H,7-10H2,1H3. The first-order chi connectivity index (χ1) is 13.9. The van der Waals surface area contributed by atoms with Gasteiger partial charge in [-0.05, 0) is 24.3 Å². The Morgan fingerprint density at radius 1 is 1.17 bits per heavy atom. The van der Waals surface area contributed by atoms with Crippen LogP contribution in [-0.4, -0.2) is 42.5 Å². The Kier molecular flexibility index (Phi) is 6.26. The van der Waals surface area contributed by atoms with Crippen molar-refractivity contribution in [3.05, 3.63) is 63.7 Å². The molecule has 0 N–H and O–H groups in total. The zero-order valence-corrected chi connectivity index (χ0v) is 15.7. The Morgan fingerprint density at radius 2 is 1.83 bits per heavy atom. The summed E-state index contributed by atoms with van der Waals surface area (Å²) in [5.41, 5.74) is 0.379. The van der Waals surface area contributed by atoms with Crippen LogP contribution in [0.1, 0.15) is 34.7 Å². The Bertz CT molecular complexity index is 884. The van der Waals surface area contributed by atoms with E-state index in [1.54, 1.807) is 0 Å². The van der Waals surface area contributed by atoms with Crippen LogP contribution in [-0.2, 0) is 0 Å². The van der Waals surface area contributed by atoms with Gasteiger partial charge in [0.15, 0.2) is 11.5 Å². The van der Waals surface area contributed by atoms with Gasteiger partial charge in [-0.3, -0.25) is 14.9 Å². The van der Waals surface area contributed by atoms with Crippen molar-refractivity contribution in [3.8, 4) is 11.5 Å². The van der Waals surface area contributed by atoms with Gasteiger partial charge < -0.3 is 14.4 Å². The highest BCUT2D eigenvalue weighted by atomic mass is 19.3. The van der Waals surface area contributed by atoms with Gasteiger partial charge in [0.05, 0.1) is 18.1 Å². The molecule has 154 valence electrons. The Labute approximate surface area is 166 Å². The first-order valence-corrected chi connectivity index (χ1v) is 9.06. The van der Waals surface area contributed by atoms with E-state index in [1.165, 1.54) is 17.6 Å². The highest BCUT2D eigenvalue weighted by Crippen LogP contribution is 2.37. The molecule has 2 aromatic carbocycles. The van der Waals surface area contributed by atoms with Crippen molar-refractivity contribution in [2.75, 3.05) is 20.2 Å². The number of carbonyl (C=O) groups is 1.